The summed E-state index contributed by atoms with van der Waals surface area (Å²) in [5.74, 6) is -4.83. The minimum atomic E-state index is -1.45. The molecule has 4 aromatic rings. The van der Waals surface area contributed by atoms with Gasteiger partial charge in [-0.2, -0.15) is 19.2 Å². The fourth-order valence-electron chi connectivity index (χ4n) is 3.43. The van der Waals surface area contributed by atoms with Crippen molar-refractivity contribution in [2.45, 2.75) is 13.7 Å². The summed E-state index contributed by atoms with van der Waals surface area (Å²) in [6.07, 6.45) is 0.643. The third-order valence-electron chi connectivity index (χ3n) is 5.47. The van der Waals surface area contributed by atoms with Gasteiger partial charge in [-0.25, -0.2) is 14.4 Å². The van der Waals surface area contributed by atoms with Crippen LogP contribution in [-0.4, -0.2) is 38.6 Å². The van der Waals surface area contributed by atoms with Gasteiger partial charge in [0, 0.05) is 18.2 Å². The lowest BCUT2D eigenvalue weighted by molar-refractivity contribution is 0.0715. The van der Waals surface area contributed by atoms with Crippen molar-refractivity contribution in [1.29, 1.82) is 5.26 Å². The van der Waals surface area contributed by atoms with Crippen LogP contribution in [0.4, 0.5) is 4.39 Å². The second kappa shape index (κ2) is 12.4. The van der Waals surface area contributed by atoms with Gasteiger partial charge in [0.1, 0.15) is 18.4 Å². The van der Waals surface area contributed by atoms with Gasteiger partial charge in [0.25, 0.3) is 11.5 Å². The van der Waals surface area contributed by atoms with Crippen LogP contribution in [0.1, 0.15) is 43.6 Å². The molecule has 2 aromatic heterocycles. The highest BCUT2D eigenvalue weighted by Crippen LogP contribution is 2.21. The SMILES string of the molecule is CCOCn1cc(F)c(=O)n(C(=O)c2ccc(C(=O)Oc3nc(OC(=O)c4ccccc4)ccc3C#N)cc2)c1=O. The number of halogens is 1. The second-order valence-electron chi connectivity index (χ2n) is 8.13. The molecular formula is C28H19FN4O8. The molecule has 41 heavy (non-hydrogen) atoms. The van der Waals surface area contributed by atoms with Crippen LogP contribution in [-0.2, 0) is 11.5 Å². The molecule has 0 atom stereocenters. The van der Waals surface area contributed by atoms with E-state index in [0.717, 1.165) is 28.8 Å². The zero-order valence-corrected chi connectivity index (χ0v) is 21.3. The average Bonchev–Trinajstić information content (AvgIpc) is 2.99. The molecule has 4 rings (SSSR count). The highest BCUT2D eigenvalue weighted by Gasteiger charge is 2.21. The number of rotatable bonds is 8. The number of benzene rings is 2. The third-order valence-corrected chi connectivity index (χ3v) is 5.47. The topological polar surface area (TPSA) is 160 Å². The Labute approximate surface area is 230 Å². The Kier molecular flexibility index (Phi) is 8.56. The number of esters is 2. The molecule has 0 amide bonds. The van der Waals surface area contributed by atoms with E-state index in [1.165, 1.54) is 24.3 Å². The fraction of sp³-hybridized carbons (Fsp3) is 0.107. The molecule has 0 N–H and O–H groups in total. The van der Waals surface area contributed by atoms with E-state index in [4.69, 9.17) is 14.2 Å². The van der Waals surface area contributed by atoms with Crippen LogP contribution in [0.5, 0.6) is 11.8 Å². The second-order valence-corrected chi connectivity index (χ2v) is 8.13. The lowest BCUT2D eigenvalue weighted by Gasteiger charge is -2.10. The summed E-state index contributed by atoms with van der Waals surface area (Å²) in [6.45, 7) is 1.47. The van der Waals surface area contributed by atoms with E-state index >= 15 is 0 Å². The van der Waals surface area contributed by atoms with Gasteiger partial charge < -0.3 is 14.2 Å². The van der Waals surface area contributed by atoms with E-state index in [1.807, 2.05) is 6.07 Å². The van der Waals surface area contributed by atoms with E-state index in [0.29, 0.717) is 6.20 Å². The van der Waals surface area contributed by atoms with Crippen molar-refractivity contribution >= 4 is 17.8 Å². The molecule has 2 heterocycles. The van der Waals surface area contributed by atoms with Crippen molar-refractivity contribution in [3.8, 4) is 17.8 Å². The first-order valence-electron chi connectivity index (χ1n) is 11.9. The van der Waals surface area contributed by atoms with Gasteiger partial charge in [0.15, 0.2) is 0 Å². The maximum absolute atomic E-state index is 14.1. The van der Waals surface area contributed by atoms with Gasteiger partial charge in [-0.05, 0) is 49.4 Å². The number of aromatic nitrogens is 3. The van der Waals surface area contributed by atoms with Crippen molar-refractivity contribution in [3.05, 3.63) is 122 Å². The number of pyridine rings is 1. The van der Waals surface area contributed by atoms with Gasteiger partial charge in [0.05, 0.1) is 17.3 Å². The van der Waals surface area contributed by atoms with Crippen LogP contribution >= 0.6 is 0 Å². The molecule has 0 radical (unpaired) electrons. The number of carbonyl (C=O) groups is 3. The molecule has 0 unspecified atom stereocenters. The van der Waals surface area contributed by atoms with Crippen LogP contribution in [0, 0.1) is 17.1 Å². The van der Waals surface area contributed by atoms with Gasteiger partial charge in [-0.15, -0.1) is 0 Å². The fourth-order valence-corrected chi connectivity index (χ4v) is 3.43. The Morgan fingerprint density at radius 3 is 2.20 bits per heavy atom. The molecule has 0 spiro atoms. The molecule has 206 valence electrons. The number of nitrogens with zero attached hydrogens (tertiary/aromatic N) is 4. The molecule has 13 heteroatoms. The summed E-state index contributed by atoms with van der Waals surface area (Å²) in [4.78, 5) is 66.7. The van der Waals surface area contributed by atoms with Crippen molar-refractivity contribution in [3.63, 3.8) is 0 Å². The summed E-state index contributed by atoms with van der Waals surface area (Å²) in [7, 11) is 0. The number of carbonyl (C=O) groups excluding carboxylic acids is 3. The molecule has 0 aliphatic carbocycles. The Balaban J connectivity index is 1.54. The molecule has 12 nitrogen and oxygen atoms in total. The number of nitriles is 1. The van der Waals surface area contributed by atoms with E-state index in [1.54, 1.807) is 25.1 Å². The number of hydrogen-bond donors (Lipinski definition) is 0. The van der Waals surface area contributed by atoms with Gasteiger partial charge in [-0.1, -0.05) is 18.2 Å². The molecular weight excluding hydrogens is 539 g/mol. The molecule has 0 bridgehead atoms. The van der Waals surface area contributed by atoms with Crippen molar-refractivity contribution in [1.82, 2.24) is 14.1 Å². The molecule has 0 saturated heterocycles. The lowest BCUT2D eigenvalue weighted by atomic mass is 10.1. The van der Waals surface area contributed by atoms with Crippen LogP contribution in [0.15, 0.2) is 82.5 Å². The molecule has 0 fully saturated rings. The standard InChI is InChI=1S/C28H19FN4O8/c1-2-39-16-32-15-21(29)25(35)33(28(32)38)24(34)17-8-10-19(11-9-17)27(37)41-23-20(14-30)12-13-22(31-23)40-26(36)18-6-4-3-5-7-18/h3-13,15H,2,16H2,1H3. The minimum Gasteiger partial charge on any atom is -0.404 e. The first-order valence-corrected chi connectivity index (χ1v) is 11.9. The van der Waals surface area contributed by atoms with Crippen LogP contribution < -0.4 is 20.7 Å². The predicted molar refractivity (Wildman–Crippen MR) is 138 cm³/mol. The first-order chi connectivity index (χ1) is 19.7. The molecule has 0 saturated carbocycles. The highest BCUT2D eigenvalue weighted by atomic mass is 19.1. The van der Waals surface area contributed by atoms with Crippen molar-refractivity contribution in [2.24, 2.45) is 0 Å². The maximum atomic E-state index is 14.1. The van der Waals surface area contributed by atoms with E-state index in [-0.39, 0.29) is 46.0 Å². The van der Waals surface area contributed by atoms with Crippen molar-refractivity contribution in [2.75, 3.05) is 6.61 Å². The van der Waals surface area contributed by atoms with Gasteiger partial charge in [0.2, 0.25) is 17.6 Å². The Bertz CT molecular complexity index is 1790. The summed E-state index contributed by atoms with van der Waals surface area (Å²) in [5.41, 5.74) is -2.74. The maximum Gasteiger partial charge on any atom is 0.344 e. The summed E-state index contributed by atoms with van der Waals surface area (Å²) < 4.78 is 30.4. The summed E-state index contributed by atoms with van der Waals surface area (Å²) in [6, 6.07) is 16.9. The zero-order valence-electron chi connectivity index (χ0n) is 21.3. The summed E-state index contributed by atoms with van der Waals surface area (Å²) >= 11 is 0. The van der Waals surface area contributed by atoms with Crippen LogP contribution in [0.25, 0.3) is 0 Å². The molecule has 0 aliphatic rings. The van der Waals surface area contributed by atoms with E-state index < -0.39 is 40.8 Å². The molecule has 2 aromatic carbocycles. The van der Waals surface area contributed by atoms with Crippen molar-refractivity contribution < 1.29 is 33.0 Å². The Hall–Kier alpha value is -5.74. The normalized spacial score (nSPS) is 10.5. The lowest BCUT2D eigenvalue weighted by Crippen LogP contribution is -2.45. The van der Waals surface area contributed by atoms with Gasteiger partial charge >= 0.3 is 17.6 Å². The monoisotopic (exact) mass is 558 g/mol. The van der Waals surface area contributed by atoms with Crippen LogP contribution in [0.2, 0.25) is 0 Å². The Morgan fingerprint density at radius 1 is 0.902 bits per heavy atom. The first kappa shape index (κ1) is 28.3. The zero-order chi connectivity index (χ0) is 29.5. The Morgan fingerprint density at radius 2 is 1.54 bits per heavy atom. The minimum absolute atomic E-state index is 0.0979. The highest BCUT2D eigenvalue weighted by molar-refractivity contribution is 5.97. The van der Waals surface area contributed by atoms with E-state index in [9.17, 15) is 33.6 Å². The van der Waals surface area contributed by atoms with Crippen LogP contribution in [0.3, 0.4) is 0 Å². The third kappa shape index (κ3) is 6.29. The number of hydrogen-bond acceptors (Lipinski definition) is 10. The van der Waals surface area contributed by atoms with Gasteiger partial charge in [-0.3, -0.25) is 14.2 Å². The largest absolute Gasteiger partial charge is 0.404 e. The summed E-state index contributed by atoms with van der Waals surface area (Å²) in [5, 5.41) is 9.37. The molecule has 0 aliphatic heterocycles. The van der Waals surface area contributed by atoms with E-state index in [2.05, 4.69) is 4.98 Å². The number of ether oxygens (including phenoxy) is 3. The average molecular weight is 558 g/mol. The smallest absolute Gasteiger partial charge is 0.344 e. The predicted octanol–water partition coefficient (Wildman–Crippen LogP) is 2.54. The quantitative estimate of drug-likeness (QED) is 0.294.